The number of ketones is 2. The van der Waals surface area contributed by atoms with E-state index in [1.54, 1.807) is 24.3 Å². The number of halogens is 2. The van der Waals surface area contributed by atoms with Crippen LogP contribution in [0.3, 0.4) is 0 Å². The lowest BCUT2D eigenvalue weighted by molar-refractivity contribution is -0.117. The average molecular weight is 538 g/mol. The van der Waals surface area contributed by atoms with Crippen molar-refractivity contribution in [1.29, 1.82) is 0 Å². The van der Waals surface area contributed by atoms with E-state index in [-0.39, 0.29) is 24.0 Å². The molecule has 0 saturated heterocycles. The van der Waals surface area contributed by atoms with E-state index >= 15 is 0 Å². The van der Waals surface area contributed by atoms with E-state index in [9.17, 15) is 14.0 Å². The smallest absolute Gasteiger partial charge is 0.180 e. The van der Waals surface area contributed by atoms with Crippen LogP contribution in [0.15, 0.2) is 58.9 Å². The topological polar surface area (TPSA) is 55.8 Å². The fourth-order valence-electron chi connectivity index (χ4n) is 5.97. The molecule has 3 aliphatic rings. The van der Waals surface area contributed by atoms with Gasteiger partial charge in [-0.05, 0) is 62.8 Å². The van der Waals surface area contributed by atoms with Gasteiger partial charge in [0.25, 0.3) is 0 Å². The van der Waals surface area contributed by atoms with Crippen LogP contribution < -0.4 is 9.47 Å². The molecule has 2 aromatic carbocycles. The first-order valence-electron chi connectivity index (χ1n) is 13.6. The molecule has 2 aromatic rings. The number of ether oxygens (including phenoxy) is 2. The first-order valence-corrected chi connectivity index (χ1v) is 13.9. The molecule has 0 bridgehead atoms. The molecule has 0 spiro atoms. The van der Waals surface area contributed by atoms with Gasteiger partial charge in [0, 0.05) is 53.4 Å². The highest BCUT2D eigenvalue weighted by Gasteiger charge is 2.43. The zero-order valence-corrected chi connectivity index (χ0v) is 22.7. The Balaban J connectivity index is 1.62. The fourth-order valence-corrected chi connectivity index (χ4v) is 6.24. The monoisotopic (exact) mass is 537 g/mol. The number of hydrogen-bond acceptors (Lipinski definition) is 5. The Labute approximate surface area is 228 Å². The van der Waals surface area contributed by atoms with Gasteiger partial charge in [-0.1, -0.05) is 36.7 Å². The third-order valence-corrected chi connectivity index (χ3v) is 7.81. The molecule has 2 aliphatic carbocycles. The number of carbonyl (C=O) groups excluding carboxylic acids is 2. The Kier molecular flexibility index (Phi) is 7.89. The lowest BCUT2D eigenvalue weighted by atomic mass is 9.71. The number of hydrogen-bond donors (Lipinski definition) is 0. The molecule has 5 nitrogen and oxygen atoms in total. The number of nitrogens with zero attached hydrogens (tertiary/aromatic N) is 1. The molecule has 0 atom stereocenters. The molecule has 5 rings (SSSR count). The third kappa shape index (κ3) is 4.86. The van der Waals surface area contributed by atoms with E-state index in [2.05, 4.69) is 11.8 Å². The minimum Gasteiger partial charge on any atom is -0.490 e. The minimum atomic E-state index is -0.481. The summed E-state index contributed by atoms with van der Waals surface area (Å²) in [6.45, 7) is 5.13. The average Bonchev–Trinajstić information content (AvgIpc) is 2.90. The van der Waals surface area contributed by atoms with Crippen LogP contribution in [-0.2, 0) is 16.2 Å². The van der Waals surface area contributed by atoms with Gasteiger partial charge in [0.05, 0.1) is 11.6 Å². The summed E-state index contributed by atoms with van der Waals surface area (Å²) in [5, 5.41) is 0.300. The number of rotatable bonds is 8. The van der Waals surface area contributed by atoms with E-state index in [0.29, 0.717) is 41.5 Å². The van der Waals surface area contributed by atoms with Crippen LogP contribution in [-0.4, -0.2) is 29.6 Å². The first kappa shape index (κ1) is 26.5. The van der Waals surface area contributed by atoms with E-state index in [4.69, 9.17) is 21.1 Å². The Hall–Kier alpha value is -3.12. The number of benzene rings is 2. The van der Waals surface area contributed by atoms with Crippen molar-refractivity contribution in [3.05, 3.63) is 80.9 Å². The predicted octanol–water partition coefficient (Wildman–Crippen LogP) is 7.28. The van der Waals surface area contributed by atoms with Crippen molar-refractivity contribution in [3.8, 4) is 11.5 Å². The van der Waals surface area contributed by atoms with Crippen LogP contribution in [0.2, 0.25) is 5.02 Å². The summed E-state index contributed by atoms with van der Waals surface area (Å²) in [5.41, 5.74) is 4.70. The van der Waals surface area contributed by atoms with Crippen molar-refractivity contribution in [3.63, 3.8) is 0 Å². The standard InChI is InChI=1S/C31H33ClFNO4/c1-3-15-34-23-11-7-13-25(35)29(23)28(30-24(34)12-8-14-26(30)36)20-16-21(32)31(27(17-20)37-4-2)38-18-19-9-5-6-10-22(19)33/h5-6,9-10,16-17,28H,3-4,7-8,11-15,18H2,1-2H3. The summed E-state index contributed by atoms with van der Waals surface area (Å²) >= 11 is 6.79. The van der Waals surface area contributed by atoms with Gasteiger partial charge in [-0.2, -0.15) is 0 Å². The van der Waals surface area contributed by atoms with Crippen molar-refractivity contribution >= 4 is 23.2 Å². The molecular formula is C31H33ClFNO4. The van der Waals surface area contributed by atoms with E-state index in [1.807, 2.05) is 13.0 Å². The maximum absolute atomic E-state index is 14.2. The quantitative estimate of drug-likeness (QED) is 0.354. The van der Waals surface area contributed by atoms with Gasteiger partial charge in [-0.3, -0.25) is 9.59 Å². The van der Waals surface area contributed by atoms with Crippen molar-refractivity contribution < 1.29 is 23.5 Å². The first-order chi connectivity index (χ1) is 18.4. The highest BCUT2D eigenvalue weighted by atomic mass is 35.5. The minimum absolute atomic E-state index is 0.0111. The van der Waals surface area contributed by atoms with Crippen LogP contribution >= 0.6 is 11.6 Å². The molecule has 0 fully saturated rings. The molecule has 0 radical (unpaired) electrons. The summed E-state index contributed by atoms with van der Waals surface area (Å²) in [6, 6.07) is 10.0. The van der Waals surface area contributed by atoms with Crippen LogP contribution in [0.5, 0.6) is 11.5 Å². The molecule has 38 heavy (non-hydrogen) atoms. The molecule has 0 aromatic heterocycles. The highest BCUT2D eigenvalue weighted by molar-refractivity contribution is 6.32. The van der Waals surface area contributed by atoms with E-state index in [1.165, 1.54) is 6.07 Å². The molecule has 0 unspecified atom stereocenters. The van der Waals surface area contributed by atoms with Crippen molar-refractivity contribution in [2.24, 2.45) is 0 Å². The fraction of sp³-hybridized carbons (Fsp3) is 0.419. The van der Waals surface area contributed by atoms with E-state index < -0.39 is 5.92 Å². The van der Waals surface area contributed by atoms with Gasteiger partial charge >= 0.3 is 0 Å². The Morgan fingerprint density at radius 2 is 1.61 bits per heavy atom. The summed E-state index contributed by atoms with van der Waals surface area (Å²) in [7, 11) is 0. The Morgan fingerprint density at radius 3 is 2.21 bits per heavy atom. The zero-order chi connectivity index (χ0) is 26.8. The number of allylic oxidation sites excluding steroid dienone is 4. The Morgan fingerprint density at radius 1 is 0.947 bits per heavy atom. The molecule has 1 aliphatic heterocycles. The summed E-state index contributed by atoms with van der Waals surface area (Å²) in [6.07, 6.45) is 5.14. The predicted molar refractivity (Wildman–Crippen MR) is 145 cm³/mol. The second kappa shape index (κ2) is 11.3. The largest absolute Gasteiger partial charge is 0.490 e. The van der Waals surface area contributed by atoms with Crippen molar-refractivity contribution in [2.75, 3.05) is 13.2 Å². The highest BCUT2D eigenvalue weighted by Crippen LogP contribution is 2.51. The SMILES string of the molecule is CCCN1C2=C(C(=O)CCC2)C(c2cc(Cl)c(OCc3ccccc3F)c(OCC)c2)C2=C1CCCC2=O. The van der Waals surface area contributed by atoms with Gasteiger partial charge in [0.15, 0.2) is 23.1 Å². The van der Waals surface area contributed by atoms with Gasteiger partial charge in [0.1, 0.15) is 12.4 Å². The summed E-state index contributed by atoms with van der Waals surface area (Å²) < 4.78 is 26.1. The number of carbonyl (C=O) groups is 2. The second-order valence-electron chi connectivity index (χ2n) is 10.0. The van der Waals surface area contributed by atoms with E-state index in [0.717, 1.165) is 66.8 Å². The Bertz CT molecular complexity index is 1290. The molecule has 1 heterocycles. The van der Waals surface area contributed by atoms with Crippen LogP contribution in [0.1, 0.15) is 75.8 Å². The normalized spacial score (nSPS) is 18.1. The van der Waals surface area contributed by atoms with Crippen LogP contribution in [0.4, 0.5) is 4.39 Å². The molecule has 0 saturated carbocycles. The van der Waals surface area contributed by atoms with Gasteiger partial charge in [-0.25, -0.2) is 4.39 Å². The lowest BCUT2D eigenvalue weighted by Crippen LogP contribution is -2.39. The van der Waals surface area contributed by atoms with Crippen molar-refractivity contribution in [1.82, 2.24) is 4.90 Å². The maximum Gasteiger partial charge on any atom is 0.180 e. The van der Waals surface area contributed by atoms with Crippen LogP contribution in [0, 0.1) is 5.82 Å². The molecule has 0 N–H and O–H groups in total. The second-order valence-corrected chi connectivity index (χ2v) is 10.4. The third-order valence-electron chi connectivity index (χ3n) is 7.53. The van der Waals surface area contributed by atoms with Gasteiger partial charge < -0.3 is 14.4 Å². The number of Topliss-reactive ketones (excluding diaryl/α,β-unsaturated/α-hetero) is 2. The lowest BCUT2D eigenvalue weighted by Gasteiger charge is -2.44. The molecule has 0 amide bonds. The summed E-state index contributed by atoms with van der Waals surface area (Å²) in [5.74, 6) is 0.0801. The van der Waals surface area contributed by atoms with Crippen molar-refractivity contribution in [2.45, 2.75) is 71.3 Å². The molecule has 200 valence electrons. The summed E-state index contributed by atoms with van der Waals surface area (Å²) in [4.78, 5) is 29.2. The zero-order valence-electron chi connectivity index (χ0n) is 21.9. The molecule has 7 heteroatoms. The molecular weight excluding hydrogens is 505 g/mol. The van der Waals surface area contributed by atoms with Gasteiger partial charge in [-0.15, -0.1) is 0 Å². The van der Waals surface area contributed by atoms with Crippen LogP contribution in [0.25, 0.3) is 0 Å². The maximum atomic E-state index is 14.2. The van der Waals surface area contributed by atoms with Gasteiger partial charge in [0.2, 0.25) is 0 Å².